The van der Waals surface area contributed by atoms with Gasteiger partial charge in [0.25, 0.3) is 5.56 Å². The molecule has 3 aromatic carbocycles. The van der Waals surface area contributed by atoms with E-state index < -0.39 is 0 Å². The third kappa shape index (κ3) is 4.03. The largest absolute Gasteiger partial charge is 0.355 e. The molecule has 0 spiro atoms. The normalized spacial score (nSPS) is 11.1. The predicted molar refractivity (Wildman–Crippen MR) is 138 cm³/mol. The summed E-state index contributed by atoms with van der Waals surface area (Å²) in [7, 11) is 0. The highest BCUT2D eigenvalue weighted by Crippen LogP contribution is 2.30. The summed E-state index contributed by atoms with van der Waals surface area (Å²) in [6.45, 7) is 5.83. The number of nitrogens with one attached hydrogen (secondary N) is 1. The molecule has 2 aromatic heterocycles. The van der Waals surface area contributed by atoms with Gasteiger partial charge in [-0.3, -0.25) is 9.36 Å². The summed E-state index contributed by atoms with van der Waals surface area (Å²) < 4.78 is 1.73. The fourth-order valence-electron chi connectivity index (χ4n) is 3.90. The number of benzene rings is 3. The van der Waals surface area contributed by atoms with Crippen LogP contribution in [-0.4, -0.2) is 14.5 Å². The number of fused-ring (bicyclic) bond motifs is 1. The maximum Gasteiger partial charge on any atom is 0.283 e. The minimum atomic E-state index is -0.0963. The van der Waals surface area contributed by atoms with Crippen molar-refractivity contribution in [1.82, 2.24) is 14.5 Å². The predicted octanol–water partition coefficient (Wildman–Crippen LogP) is 6.62. The number of thioether (sulfide) groups is 1. The zero-order chi connectivity index (χ0) is 22.8. The van der Waals surface area contributed by atoms with Gasteiger partial charge in [-0.2, -0.15) is 0 Å². The van der Waals surface area contributed by atoms with Crippen LogP contribution in [0.25, 0.3) is 33.9 Å². The molecule has 0 bridgehead atoms. The summed E-state index contributed by atoms with van der Waals surface area (Å²) in [5, 5.41) is 0.673. The van der Waals surface area contributed by atoms with Gasteiger partial charge in [0, 0.05) is 17.5 Å². The Labute approximate surface area is 196 Å². The number of para-hydroxylation sites is 1. The van der Waals surface area contributed by atoms with E-state index in [0.29, 0.717) is 21.9 Å². The SMILES string of the molecule is C=Cc1ccc(CSc2nc3c(-c4ccccc4)c[nH]c3c(=O)n2-c2ccccc2C)cc1. The Morgan fingerprint density at radius 1 is 1.00 bits per heavy atom. The molecule has 0 amide bonds. The Kier molecular flexibility index (Phi) is 5.71. The number of hydrogen-bond donors (Lipinski definition) is 1. The molecule has 33 heavy (non-hydrogen) atoms. The minimum absolute atomic E-state index is 0.0963. The second-order valence-electron chi connectivity index (χ2n) is 7.85. The van der Waals surface area contributed by atoms with E-state index in [0.717, 1.165) is 33.5 Å². The van der Waals surface area contributed by atoms with E-state index in [9.17, 15) is 4.79 Å². The van der Waals surface area contributed by atoms with Gasteiger partial charge in [0.2, 0.25) is 0 Å². The summed E-state index contributed by atoms with van der Waals surface area (Å²) >= 11 is 1.57. The van der Waals surface area contributed by atoms with Crippen molar-refractivity contribution in [2.24, 2.45) is 0 Å². The van der Waals surface area contributed by atoms with Crippen LogP contribution in [0.2, 0.25) is 0 Å². The average molecular weight is 450 g/mol. The van der Waals surface area contributed by atoms with Crippen molar-refractivity contribution in [3.05, 3.63) is 119 Å². The molecule has 162 valence electrons. The van der Waals surface area contributed by atoms with Crippen LogP contribution in [0.15, 0.2) is 102 Å². The average Bonchev–Trinajstić information content (AvgIpc) is 3.29. The standard InChI is InChI=1S/C28H23N3OS/c1-3-20-13-15-21(16-14-20)18-33-28-30-25-23(22-10-5-4-6-11-22)17-29-26(25)27(32)31(28)24-12-8-7-9-19(24)2/h3-17,29H,1,18H2,2H3. The summed E-state index contributed by atoms with van der Waals surface area (Å²) in [4.78, 5) is 21.9. The molecule has 5 aromatic rings. The van der Waals surface area contributed by atoms with E-state index in [1.54, 1.807) is 16.3 Å². The number of rotatable bonds is 6. The van der Waals surface area contributed by atoms with Crippen LogP contribution in [0.3, 0.4) is 0 Å². The van der Waals surface area contributed by atoms with Crippen LogP contribution < -0.4 is 5.56 Å². The van der Waals surface area contributed by atoms with Crippen molar-refractivity contribution < 1.29 is 0 Å². The van der Waals surface area contributed by atoms with Crippen molar-refractivity contribution in [3.63, 3.8) is 0 Å². The van der Waals surface area contributed by atoms with Gasteiger partial charge in [0.05, 0.1) is 5.69 Å². The van der Waals surface area contributed by atoms with E-state index in [2.05, 4.69) is 23.7 Å². The van der Waals surface area contributed by atoms with E-state index in [1.807, 2.05) is 85.9 Å². The van der Waals surface area contributed by atoms with Crippen LogP contribution in [0.4, 0.5) is 0 Å². The molecule has 0 saturated heterocycles. The molecule has 0 unspecified atom stereocenters. The molecule has 5 heteroatoms. The quantitative estimate of drug-likeness (QED) is 0.234. The van der Waals surface area contributed by atoms with Crippen molar-refractivity contribution in [1.29, 1.82) is 0 Å². The first-order valence-electron chi connectivity index (χ1n) is 10.8. The van der Waals surface area contributed by atoms with E-state index in [-0.39, 0.29) is 5.56 Å². The summed E-state index contributed by atoms with van der Waals surface area (Å²) in [5.74, 6) is 0.701. The fraction of sp³-hybridized carbons (Fsp3) is 0.0714. The first-order chi connectivity index (χ1) is 16.2. The molecule has 5 rings (SSSR count). The Bertz CT molecular complexity index is 1500. The number of aromatic nitrogens is 3. The molecular formula is C28H23N3OS. The molecule has 2 heterocycles. The number of H-pyrrole nitrogens is 1. The van der Waals surface area contributed by atoms with Crippen molar-refractivity contribution >= 4 is 28.9 Å². The molecule has 4 nitrogen and oxygen atoms in total. The molecular weight excluding hydrogens is 426 g/mol. The Morgan fingerprint density at radius 2 is 1.73 bits per heavy atom. The number of hydrogen-bond acceptors (Lipinski definition) is 3. The Hall–Kier alpha value is -3.83. The third-order valence-corrected chi connectivity index (χ3v) is 6.70. The van der Waals surface area contributed by atoms with Crippen LogP contribution >= 0.6 is 11.8 Å². The van der Waals surface area contributed by atoms with Gasteiger partial charge < -0.3 is 4.98 Å². The molecule has 0 radical (unpaired) electrons. The fourth-order valence-corrected chi connectivity index (χ4v) is 4.85. The van der Waals surface area contributed by atoms with Gasteiger partial charge >= 0.3 is 0 Å². The van der Waals surface area contributed by atoms with Gasteiger partial charge in [-0.15, -0.1) is 0 Å². The first-order valence-corrected chi connectivity index (χ1v) is 11.7. The van der Waals surface area contributed by atoms with Crippen molar-refractivity contribution in [2.45, 2.75) is 17.8 Å². The lowest BCUT2D eigenvalue weighted by molar-refractivity contribution is 0.813. The van der Waals surface area contributed by atoms with Crippen molar-refractivity contribution in [3.8, 4) is 16.8 Å². The van der Waals surface area contributed by atoms with Crippen LogP contribution in [0.1, 0.15) is 16.7 Å². The first kappa shape index (κ1) is 21.0. The monoisotopic (exact) mass is 449 g/mol. The Morgan fingerprint density at radius 3 is 2.45 bits per heavy atom. The summed E-state index contributed by atoms with van der Waals surface area (Å²) in [5.41, 5.74) is 7.18. The second-order valence-corrected chi connectivity index (χ2v) is 8.79. The Balaban J connectivity index is 1.66. The van der Waals surface area contributed by atoms with Crippen molar-refractivity contribution in [2.75, 3.05) is 0 Å². The van der Waals surface area contributed by atoms with Gasteiger partial charge in [-0.25, -0.2) is 4.98 Å². The van der Waals surface area contributed by atoms with E-state index in [4.69, 9.17) is 4.98 Å². The van der Waals surface area contributed by atoms with Gasteiger partial charge in [0.15, 0.2) is 5.16 Å². The van der Waals surface area contributed by atoms with E-state index >= 15 is 0 Å². The maximum absolute atomic E-state index is 13.7. The lowest BCUT2D eigenvalue weighted by Crippen LogP contribution is -2.22. The number of aryl methyl sites for hydroxylation is 1. The highest BCUT2D eigenvalue weighted by molar-refractivity contribution is 7.98. The van der Waals surface area contributed by atoms with E-state index in [1.165, 1.54) is 0 Å². The maximum atomic E-state index is 13.7. The van der Waals surface area contributed by atoms with Crippen LogP contribution in [0.5, 0.6) is 0 Å². The number of nitrogens with zero attached hydrogens (tertiary/aromatic N) is 2. The molecule has 0 aliphatic heterocycles. The lowest BCUT2D eigenvalue weighted by atomic mass is 10.1. The highest BCUT2D eigenvalue weighted by Gasteiger charge is 2.18. The molecule has 0 saturated carbocycles. The lowest BCUT2D eigenvalue weighted by Gasteiger charge is -2.14. The minimum Gasteiger partial charge on any atom is -0.355 e. The van der Waals surface area contributed by atoms with Gasteiger partial charge in [0.1, 0.15) is 11.0 Å². The highest BCUT2D eigenvalue weighted by atomic mass is 32.2. The van der Waals surface area contributed by atoms with Gasteiger partial charge in [-0.05, 0) is 35.2 Å². The zero-order valence-electron chi connectivity index (χ0n) is 18.3. The molecule has 0 aliphatic rings. The summed E-state index contributed by atoms with van der Waals surface area (Å²) in [6, 6.07) is 26.2. The molecule has 0 aliphatic carbocycles. The summed E-state index contributed by atoms with van der Waals surface area (Å²) in [6.07, 6.45) is 3.71. The molecule has 1 N–H and O–H groups in total. The zero-order valence-corrected chi connectivity index (χ0v) is 19.1. The van der Waals surface area contributed by atoms with Crippen LogP contribution in [0, 0.1) is 6.92 Å². The molecule has 0 atom stereocenters. The van der Waals surface area contributed by atoms with Gasteiger partial charge in [-0.1, -0.05) is 97.2 Å². The van der Waals surface area contributed by atoms with Crippen LogP contribution in [-0.2, 0) is 5.75 Å². The second kappa shape index (κ2) is 8.96. The third-order valence-electron chi connectivity index (χ3n) is 5.69. The molecule has 0 fully saturated rings. The smallest absolute Gasteiger partial charge is 0.283 e. The topological polar surface area (TPSA) is 50.7 Å². The number of aromatic amines is 1.